The number of hydrogen-bond donors (Lipinski definition) is 0. The van der Waals surface area contributed by atoms with Crippen LogP contribution in [0.4, 0.5) is 0 Å². The fraction of sp³-hybridized carbons (Fsp3) is 0.609. The van der Waals surface area contributed by atoms with Gasteiger partial charge < -0.3 is 14.0 Å². The molecule has 0 N–H and O–H groups in total. The van der Waals surface area contributed by atoms with Gasteiger partial charge in [0.2, 0.25) is 11.8 Å². The first-order valence-corrected chi connectivity index (χ1v) is 11.0. The van der Waals surface area contributed by atoms with E-state index >= 15 is 0 Å². The molecule has 1 saturated carbocycles. The Balaban J connectivity index is 1.37. The molecule has 2 aromatic heterocycles. The van der Waals surface area contributed by atoms with Gasteiger partial charge in [0.15, 0.2) is 5.82 Å². The van der Waals surface area contributed by atoms with Crippen LogP contribution in [0.25, 0.3) is 6.08 Å². The van der Waals surface area contributed by atoms with Crippen LogP contribution in [-0.2, 0) is 4.79 Å². The van der Waals surface area contributed by atoms with Crippen LogP contribution in [0.5, 0.6) is 0 Å². The van der Waals surface area contributed by atoms with Crippen molar-refractivity contribution in [1.82, 2.24) is 19.6 Å². The van der Waals surface area contributed by atoms with Crippen LogP contribution < -0.4 is 0 Å². The van der Waals surface area contributed by atoms with Gasteiger partial charge in [0.1, 0.15) is 0 Å². The zero-order valence-electron chi connectivity index (χ0n) is 17.9. The van der Waals surface area contributed by atoms with Crippen LogP contribution in [0.2, 0.25) is 0 Å². The fourth-order valence-corrected chi connectivity index (χ4v) is 4.96. The first kappa shape index (κ1) is 19.9. The molecule has 1 saturated heterocycles. The van der Waals surface area contributed by atoms with Crippen molar-refractivity contribution in [2.45, 2.75) is 77.7 Å². The number of piperidine rings is 1. The number of amides is 1. The molecule has 2 aliphatic rings. The summed E-state index contributed by atoms with van der Waals surface area (Å²) in [5, 5.41) is 3.88. The second-order valence-corrected chi connectivity index (χ2v) is 8.60. The highest BCUT2D eigenvalue weighted by atomic mass is 16.5. The van der Waals surface area contributed by atoms with Crippen LogP contribution in [0, 0.1) is 20.8 Å². The van der Waals surface area contributed by atoms with Crippen LogP contribution in [0.3, 0.4) is 0 Å². The maximum Gasteiger partial charge on any atom is 0.246 e. The Morgan fingerprint density at radius 3 is 2.48 bits per heavy atom. The molecule has 0 atom stereocenters. The van der Waals surface area contributed by atoms with Crippen molar-refractivity contribution < 1.29 is 9.32 Å². The molecule has 0 spiro atoms. The van der Waals surface area contributed by atoms with Gasteiger partial charge in [0, 0.05) is 42.5 Å². The van der Waals surface area contributed by atoms with E-state index in [1.54, 1.807) is 6.08 Å². The van der Waals surface area contributed by atoms with Crippen molar-refractivity contribution in [3.05, 3.63) is 40.8 Å². The molecule has 3 heterocycles. The largest absolute Gasteiger partial charge is 0.346 e. The van der Waals surface area contributed by atoms with Gasteiger partial charge in [-0.15, -0.1) is 0 Å². The van der Waals surface area contributed by atoms with E-state index in [1.807, 2.05) is 17.9 Å². The third kappa shape index (κ3) is 4.31. The van der Waals surface area contributed by atoms with Gasteiger partial charge in [-0.05, 0) is 64.2 Å². The SMILES string of the molecule is Cc1noc(C2CCN(C(=O)/C=C/c3cc(C)n(C4CCCCC4)c3C)CC2)n1. The zero-order chi connectivity index (χ0) is 20.4. The molecular formula is C23H32N4O2. The predicted octanol–water partition coefficient (Wildman–Crippen LogP) is 4.72. The van der Waals surface area contributed by atoms with Crippen molar-refractivity contribution in [1.29, 1.82) is 0 Å². The molecule has 1 amide bonds. The van der Waals surface area contributed by atoms with Crippen LogP contribution in [0.15, 0.2) is 16.7 Å². The maximum absolute atomic E-state index is 12.7. The molecule has 2 fully saturated rings. The highest BCUT2D eigenvalue weighted by molar-refractivity contribution is 5.92. The third-order valence-corrected chi connectivity index (χ3v) is 6.57. The molecule has 0 aromatic carbocycles. The van der Waals surface area contributed by atoms with Gasteiger partial charge in [-0.1, -0.05) is 24.4 Å². The number of nitrogens with zero attached hydrogens (tertiary/aromatic N) is 4. The zero-order valence-corrected chi connectivity index (χ0v) is 17.9. The van der Waals surface area contributed by atoms with E-state index in [1.165, 1.54) is 43.5 Å². The Hall–Kier alpha value is -2.37. The average molecular weight is 397 g/mol. The first-order chi connectivity index (χ1) is 14.0. The van der Waals surface area contributed by atoms with Crippen molar-refractivity contribution in [2.24, 2.45) is 0 Å². The molecule has 6 heteroatoms. The predicted molar refractivity (Wildman–Crippen MR) is 113 cm³/mol. The van der Waals surface area contributed by atoms with E-state index in [0.29, 0.717) is 17.8 Å². The highest BCUT2D eigenvalue weighted by Gasteiger charge is 2.26. The van der Waals surface area contributed by atoms with E-state index in [2.05, 4.69) is 34.6 Å². The average Bonchev–Trinajstić information content (AvgIpc) is 3.29. The van der Waals surface area contributed by atoms with E-state index in [4.69, 9.17) is 4.52 Å². The lowest BCUT2D eigenvalue weighted by molar-refractivity contribution is -0.127. The molecule has 0 bridgehead atoms. The van der Waals surface area contributed by atoms with Gasteiger partial charge in [-0.2, -0.15) is 4.98 Å². The minimum absolute atomic E-state index is 0.0904. The Labute approximate surface area is 173 Å². The molecular weight excluding hydrogens is 364 g/mol. The monoisotopic (exact) mass is 396 g/mol. The number of aromatic nitrogens is 3. The Bertz CT molecular complexity index is 881. The summed E-state index contributed by atoms with van der Waals surface area (Å²) in [5.74, 6) is 1.74. The highest BCUT2D eigenvalue weighted by Crippen LogP contribution is 2.32. The number of carbonyl (C=O) groups excluding carboxylic acids is 1. The smallest absolute Gasteiger partial charge is 0.246 e. The van der Waals surface area contributed by atoms with Gasteiger partial charge in [-0.25, -0.2) is 0 Å². The van der Waals surface area contributed by atoms with Crippen molar-refractivity contribution in [3.63, 3.8) is 0 Å². The summed E-state index contributed by atoms with van der Waals surface area (Å²) in [6, 6.07) is 2.84. The quantitative estimate of drug-likeness (QED) is 0.702. The number of aryl methyl sites for hydroxylation is 2. The van der Waals surface area contributed by atoms with E-state index in [-0.39, 0.29) is 11.8 Å². The Morgan fingerprint density at radius 1 is 1.10 bits per heavy atom. The molecule has 156 valence electrons. The summed E-state index contributed by atoms with van der Waals surface area (Å²) in [4.78, 5) is 19.0. The van der Waals surface area contributed by atoms with Crippen molar-refractivity contribution in [3.8, 4) is 0 Å². The molecule has 1 aliphatic heterocycles. The number of carbonyl (C=O) groups is 1. The van der Waals surface area contributed by atoms with Crippen LogP contribution >= 0.6 is 0 Å². The Morgan fingerprint density at radius 2 is 1.83 bits per heavy atom. The standard InChI is InChI=1S/C23H32N4O2/c1-16-15-20(17(2)27(16)21-7-5-4-6-8-21)9-10-22(28)26-13-11-19(12-14-26)23-24-18(3)25-29-23/h9-10,15,19,21H,4-8,11-14H2,1-3H3/b10-9+. The van der Waals surface area contributed by atoms with Gasteiger partial charge in [0.05, 0.1) is 0 Å². The molecule has 0 unspecified atom stereocenters. The minimum atomic E-state index is 0.0904. The first-order valence-electron chi connectivity index (χ1n) is 11.0. The maximum atomic E-state index is 12.7. The van der Waals surface area contributed by atoms with Crippen molar-refractivity contribution >= 4 is 12.0 Å². The van der Waals surface area contributed by atoms with Crippen LogP contribution in [-0.4, -0.2) is 38.6 Å². The van der Waals surface area contributed by atoms with Gasteiger partial charge in [0.25, 0.3) is 0 Å². The molecule has 29 heavy (non-hydrogen) atoms. The Kier molecular flexibility index (Phi) is 5.88. The number of likely N-dealkylation sites (tertiary alicyclic amines) is 1. The lowest BCUT2D eigenvalue weighted by atomic mass is 9.95. The topological polar surface area (TPSA) is 64.2 Å². The molecule has 1 aliphatic carbocycles. The normalized spacial score (nSPS) is 19.3. The summed E-state index contributed by atoms with van der Waals surface area (Å²) < 4.78 is 7.79. The molecule has 4 rings (SSSR count). The summed E-state index contributed by atoms with van der Waals surface area (Å²) in [6.45, 7) is 7.67. The summed E-state index contributed by atoms with van der Waals surface area (Å²) in [5.41, 5.74) is 3.75. The van der Waals surface area contributed by atoms with E-state index in [0.717, 1.165) is 31.5 Å². The van der Waals surface area contributed by atoms with Crippen LogP contribution in [0.1, 0.15) is 85.6 Å². The van der Waals surface area contributed by atoms with E-state index < -0.39 is 0 Å². The van der Waals surface area contributed by atoms with E-state index in [9.17, 15) is 4.79 Å². The second-order valence-electron chi connectivity index (χ2n) is 8.60. The summed E-state index contributed by atoms with van der Waals surface area (Å²) in [7, 11) is 0. The third-order valence-electron chi connectivity index (χ3n) is 6.57. The lowest BCUT2D eigenvalue weighted by Gasteiger charge is -2.29. The number of hydrogen-bond acceptors (Lipinski definition) is 4. The minimum Gasteiger partial charge on any atom is -0.346 e. The van der Waals surface area contributed by atoms with Crippen molar-refractivity contribution in [2.75, 3.05) is 13.1 Å². The summed E-state index contributed by atoms with van der Waals surface area (Å²) >= 11 is 0. The van der Waals surface area contributed by atoms with Gasteiger partial charge in [-0.3, -0.25) is 4.79 Å². The lowest BCUT2D eigenvalue weighted by Crippen LogP contribution is -2.36. The molecule has 6 nitrogen and oxygen atoms in total. The number of rotatable bonds is 4. The second kappa shape index (κ2) is 8.56. The van der Waals surface area contributed by atoms with Gasteiger partial charge >= 0.3 is 0 Å². The molecule has 2 aromatic rings. The molecule has 0 radical (unpaired) electrons. The fourth-order valence-electron chi connectivity index (χ4n) is 4.96. The summed E-state index contributed by atoms with van der Waals surface area (Å²) in [6.07, 6.45) is 12.0.